The molecule has 2 fully saturated rings. The summed E-state index contributed by atoms with van der Waals surface area (Å²) in [7, 11) is 5.94. The molecule has 16 nitrogen and oxygen atoms in total. The zero-order valence-corrected chi connectivity index (χ0v) is 35.6. The molecule has 0 saturated carbocycles. The molecule has 4 bridgehead atoms. The highest BCUT2D eigenvalue weighted by Crippen LogP contribution is 2.49. The number of rotatable bonds is 11. The number of anilines is 1. The van der Waals surface area contributed by atoms with Gasteiger partial charge in [-0.3, -0.25) is 29.4 Å². The predicted molar refractivity (Wildman–Crippen MR) is 215 cm³/mol. The van der Waals surface area contributed by atoms with Crippen molar-refractivity contribution in [1.29, 1.82) is 0 Å². The third-order valence-electron chi connectivity index (χ3n) is 11.7. The smallest absolute Gasteiger partial charge is 0.409 e. The number of imide groups is 1. The minimum absolute atomic E-state index is 0.0761. The van der Waals surface area contributed by atoms with Gasteiger partial charge >= 0.3 is 12.1 Å². The van der Waals surface area contributed by atoms with Gasteiger partial charge in [0, 0.05) is 58.7 Å². The fourth-order valence-electron chi connectivity index (χ4n) is 7.77. The lowest BCUT2D eigenvalue weighted by molar-refractivity contribution is -0.162. The number of alkyl carbamates (subject to hydrolysis) is 1. The maximum absolute atomic E-state index is 14.2. The van der Waals surface area contributed by atoms with E-state index < -0.39 is 65.7 Å². The number of ether oxygens (including phenoxy) is 5. The highest BCUT2D eigenvalue weighted by Gasteiger charge is 2.64. The first-order chi connectivity index (χ1) is 27.8. The molecule has 8 atom stereocenters. The van der Waals surface area contributed by atoms with Gasteiger partial charge in [0.2, 0.25) is 11.8 Å². The molecule has 5 rings (SSSR count). The number of hydrogen-bond acceptors (Lipinski definition) is 12. The number of carbonyl (C=O) groups is 6. The van der Waals surface area contributed by atoms with Gasteiger partial charge < -0.3 is 38.6 Å². The van der Waals surface area contributed by atoms with E-state index in [9.17, 15) is 33.9 Å². The number of halogens is 1. The van der Waals surface area contributed by atoms with Gasteiger partial charge in [0.1, 0.15) is 40.7 Å². The molecule has 0 radical (unpaired) electrons. The van der Waals surface area contributed by atoms with Crippen molar-refractivity contribution in [3.05, 3.63) is 58.7 Å². The monoisotopic (exact) mass is 842 g/mol. The Bertz CT molecular complexity index is 1900. The Morgan fingerprint density at radius 3 is 2.47 bits per heavy atom. The van der Waals surface area contributed by atoms with Crippen LogP contribution in [-0.4, -0.2) is 127 Å². The molecule has 4 aliphatic heterocycles. The van der Waals surface area contributed by atoms with E-state index >= 15 is 0 Å². The van der Waals surface area contributed by atoms with Gasteiger partial charge in [-0.1, -0.05) is 48.7 Å². The normalized spacial score (nSPS) is 30.4. The number of benzene rings is 1. The maximum atomic E-state index is 14.2. The highest BCUT2D eigenvalue weighted by atomic mass is 35.5. The number of hydrogen-bond donors (Lipinski definition) is 2. The summed E-state index contributed by atoms with van der Waals surface area (Å²) < 4.78 is 29.3. The van der Waals surface area contributed by atoms with Crippen LogP contribution in [0.5, 0.6) is 5.75 Å². The maximum Gasteiger partial charge on any atom is 0.409 e. The lowest BCUT2D eigenvalue weighted by atomic mass is 9.83. The molecule has 5 amide bonds. The van der Waals surface area contributed by atoms with Crippen molar-refractivity contribution >= 4 is 53.0 Å². The van der Waals surface area contributed by atoms with Crippen LogP contribution in [0.15, 0.2) is 48.1 Å². The molecule has 0 spiro atoms. The summed E-state index contributed by atoms with van der Waals surface area (Å²) in [6.45, 7) is 7.16. The fraction of sp³-hybridized carbons (Fsp3) is 0.571. The number of unbranched alkanes of at least 4 members (excludes halogenated alkanes) is 2. The number of methoxy groups -OCH3 is 2. The SMILES string of the molecule is COc1cc2cc(c1Cl)N(C)C(=O)C[C@H](OC(=O)[C@H](C)N(C)C(=O)CCCCCN1C(=O)C=CC1=O)[C@]1(C)O[C@H]1C(C)[C@@H]1C[C@@](O)(NC(=O)O1)[C@H](OC)/C=C/C=C(\C)C2. The summed E-state index contributed by atoms with van der Waals surface area (Å²) in [5.41, 5.74) is -1.05. The van der Waals surface area contributed by atoms with Gasteiger partial charge in [-0.2, -0.15) is 0 Å². The lowest BCUT2D eigenvalue weighted by Gasteiger charge is -2.42. The summed E-state index contributed by atoms with van der Waals surface area (Å²) >= 11 is 6.77. The van der Waals surface area contributed by atoms with Crippen LogP contribution in [0.4, 0.5) is 10.5 Å². The van der Waals surface area contributed by atoms with E-state index in [1.807, 2.05) is 13.0 Å². The number of carbonyl (C=O) groups excluding carboxylic acids is 6. The van der Waals surface area contributed by atoms with Gasteiger partial charge in [0.05, 0.1) is 25.3 Å². The van der Waals surface area contributed by atoms with Crippen molar-refractivity contribution in [2.45, 2.75) is 114 Å². The second-order valence-corrected chi connectivity index (χ2v) is 16.3. The minimum Gasteiger partial charge on any atom is -0.495 e. The van der Waals surface area contributed by atoms with Crippen LogP contribution in [-0.2, 0) is 49.3 Å². The third kappa shape index (κ3) is 10.2. The first kappa shape index (κ1) is 45.3. The second kappa shape index (κ2) is 18.7. The van der Waals surface area contributed by atoms with E-state index in [1.54, 1.807) is 45.2 Å². The van der Waals surface area contributed by atoms with Crippen LogP contribution < -0.4 is 15.0 Å². The Labute approximate surface area is 349 Å². The fourth-order valence-corrected chi connectivity index (χ4v) is 8.08. The number of aliphatic hydroxyl groups is 1. The Hall–Kier alpha value is -4.77. The first-order valence-corrected chi connectivity index (χ1v) is 20.1. The van der Waals surface area contributed by atoms with Crippen LogP contribution in [0.3, 0.4) is 0 Å². The molecule has 1 unspecified atom stereocenters. The number of likely N-dealkylation sites (N-methyl/N-ethyl adjacent to an activating group) is 1. The van der Waals surface area contributed by atoms with Crippen molar-refractivity contribution < 1.29 is 57.6 Å². The minimum atomic E-state index is -1.85. The highest BCUT2D eigenvalue weighted by molar-refractivity contribution is 6.35. The number of epoxide rings is 1. The molecular formula is C42H55ClN4O12. The van der Waals surface area contributed by atoms with Gasteiger partial charge in [0.25, 0.3) is 11.8 Å². The Balaban J connectivity index is 1.39. The van der Waals surface area contributed by atoms with E-state index in [4.69, 9.17) is 35.3 Å². The molecule has 2 saturated heterocycles. The van der Waals surface area contributed by atoms with Crippen LogP contribution in [0.1, 0.15) is 71.8 Å². The van der Waals surface area contributed by atoms with Crippen LogP contribution >= 0.6 is 11.6 Å². The summed E-state index contributed by atoms with van der Waals surface area (Å²) in [6.07, 6.45) is 4.78. The van der Waals surface area contributed by atoms with Crippen molar-refractivity contribution in [2.75, 3.05) is 39.8 Å². The molecule has 17 heteroatoms. The summed E-state index contributed by atoms with van der Waals surface area (Å²) in [5, 5.41) is 14.5. The summed E-state index contributed by atoms with van der Waals surface area (Å²) in [5.74, 6) is -2.49. The first-order valence-electron chi connectivity index (χ1n) is 19.7. The molecule has 1 aromatic carbocycles. The van der Waals surface area contributed by atoms with E-state index in [1.165, 1.54) is 50.1 Å². The van der Waals surface area contributed by atoms with Crippen molar-refractivity contribution in [2.24, 2.45) is 5.92 Å². The lowest BCUT2D eigenvalue weighted by Crippen LogP contribution is -2.63. The summed E-state index contributed by atoms with van der Waals surface area (Å²) in [4.78, 5) is 81.6. The molecule has 1 aromatic rings. The number of nitrogens with one attached hydrogen (secondary N) is 1. The third-order valence-corrected chi connectivity index (χ3v) is 12.1. The Kier molecular flexibility index (Phi) is 14.3. The Morgan fingerprint density at radius 1 is 1.12 bits per heavy atom. The van der Waals surface area contributed by atoms with E-state index in [-0.39, 0.29) is 48.6 Å². The number of nitrogens with zero attached hydrogens (tertiary/aromatic N) is 3. The quantitative estimate of drug-likeness (QED) is 0.141. The Morgan fingerprint density at radius 2 is 1.81 bits per heavy atom. The molecular weight excluding hydrogens is 788 g/mol. The largest absolute Gasteiger partial charge is 0.495 e. The van der Waals surface area contributed by atoms with E-state index in [0.29, 0.717) is 37.1 Å². The standard InChI is InChI=1S/C42H55ClN4O12/c1-24-13-12-14-31(56-8)42(54)23-30(57-40(53)44-42)25(2)38-41(4,59-38)32(22-36(51)46(6)28-20-27(19-24)21-29(55-7)37(28)43)58-39(52)26(3)45(5)33(48)15-10-9-11-18-47-34(49)16-17-35(47)50/h12-14,16-17,20-21,25-26,30-32,38,54H,9-11,15,18-19,22-23H2,1-8H3,(H,44,53)/b14-12+,24-13+/t25?,26-,30-,31+,32-,38-,41-,42-/m0/s1. The molecule has 322 valence electrons. The second-order valence-electron chi connectivity index (χ2n) is 15.9. The number of esters is 1. The molecule has 4 aliphatic rings. The number of fused-ring (bicyclic) bond motifs is 5. The van der Waals surface area contributed by atoms with Crippen molar-refractivity contribution in [3.63, 3.8) is 0 Å². The molecule has 0 aromatic heterocycles. The molecule has 59 heavy (non-hydrogen) atoms. The predicted octanol–water partition coefficient (Wildman–Crippen LogP) is 4.00. The van der Waals surface area contributed by atoms with Crippen molar-refractivity contribution in [1.82, 2.24) is 15.1 Å². The zero-order valence-electron chi connectivity index (χ0n) is 34.8. The van der Waals surface area contributed by atoms with Crippen LogP contribution in [0.2, 0.25) is 5.02 Å². The van der Waals surface area contributed by atoms with Gasteiger partial charge in [-0.15, -0.1) is 0 Å². The average Bonchev–Trinajstić information content (AvgIpc) is 3.79. The van der Waals surface area contributed by atoms with Gasteiger partial charge in [-0.25, -0.2) is 9.59 Å². The van der Waals surface area contributed by atoms with Crippen LogP contribution in [0.25, 0.3) is 0 Å². The number of allylic oxidation sites excluding steroid dienone is 3. The topological polar surface area (TPSA) is 194 Å². The van der Waals surface area contributed by atoms with Gasteiger partial charge in [0.15, 0.2) is 5.72 Å². The van der Waals surface area contributed by atoms with Crippen LogP contribution in [0, 0.1) is 5.92 Å². The molecule has 2 N–H and O–H groups in total. The van der Waals surface area contributed by atoms with Crippen molar-refractivity contribution in [3.8, 4) is 5.75 Å². The molecule has 0 aliphatic carbocycles. The summed E-state index contributed by atoms with van der Waals surface area (Å²) in [6, 6.07) is 2.50. The zero-order chi connectivity index (χ0) is 43.4. The molecule has 4 heterocycles. The van der Waals surface area contributed by atoms with E-state index in [0.717, 1.165) is 16.0 Å². The average molecular weight is 843 g/mol. The number of amides is 5. The van der Waals surface area contributed by atoms with E-state index in [2.05, 4.69) is 5.32 Å². The van der Waals surface area contributed by atoms with Gasteiger partial charge in [-0.05, 0) is 57.7 Å².